The second-order valence-electron chi connectivity index (χ2n) is 5.04. The lowest BCUT2D eigenvalue weighted by atomic mass is 10.1. The maximum absolute atomic E-state index is 11.4. The molecule has 0 bridgehead atoms. The predicted molar refractivity (Wildman–Crippen MR) is 75.3 cm³/mol. The van der Waals surface area contributed by atoms with Gasteiger partial charge in [-0.2, -0.15) is 0 Å². The molecule has 0 spiro atoms. The summed E-state index contributed by atoms with van der Waals surface area (Å²) in [6.07, 6.45) is 0.968. The molecule has 20 heavy (non-hydrogen) atoms. The van der Waals surface area contributed by atoms with Gasteiger partial charge >= 0.3 is 5.97 Å². The molecule has 1 aliphatic rings. The zero-order chi connectivity index (χ0) is 13.9. The minimum Gasteiger partial charge on any atom is -0.492 e. The minimum absolute atomic E-state index is 0.211. The Labute approximate surface area is 116 Å². The smallest absolute Gasteiger partial charge is 0.339 e. The quantitative estimate of drug-likeness (QED) is 0.929. The van der Waals surface area contributed by atoms with Crippen molar-refractivity contribution in [2.24, 2.45) is 5.92 Å². The number of fused-ring (bicyclic) bond motifs is 1. The average Bonchev–Trinajstić information content (AvgIpc) is 2.97. The molecule has 3 rings (SSSR count). The van der Waals surface area contributed by atoms with Crippen LogP contribution in [0.2, 0.25) is 0 Å². The Balaban J connectivity index is 1.90. The van der Waals surface area contributed by atoms with Gasteiger partial charge in [-0.1, -0.05) is 24.3 Å². The second kappa shape index (κ2) is 5.51. The third-order valence-corrected chi connectivity index (χ3v) is 3.58. The fourth-order valence-electron chi connectivity index (χ4n) is 2.43. The van der Waals surface area contributed by atoms with E-state index in [2.05, 4.69) is 0 Å². The lowest BCUT2D eigenvalue weighted by molar-refractivity contribution is 0.0691. The molecule has 0 aliphatic carbocycles. The standard InChI is InChI=1S/C16H16O4/c17-16(18)14-7-12-3-1-2-4-13(12)8-15(14)20-10-11-5-6-19-9-11/h1-4,7-8,11H,5-6,9-10H2,(H,17,18). The number of aromatic carboxylic acids is 1. The van der Waals surface area contributed by atoms with Crippen molar-refractivity contribution < 1.29 is 19.4 Å². The van der Waals surface area contributed by atoms with Gasteiger partial charge in [0.2, 0.25) is 0 Å². The van der Waals surface area contributed by atoms with Crippen LogP contribution in [0.1, 0.15) is 16.8 Å². The van der Waals surface area contributed by atoms with Crippen molar-refractivity contribution in [1.29, 1.82) is 0 Å². The maximum atomic E-state index is 11.4. The number of rotatable bonds is 4. The Kier molecular flexibility index (Phi) is 3.56. The first kappa shape index (κ1) is 12.9. The van der Waals surface area contributed by atoms with E-state index >= 15 is 0 Å². The number of ether oxygens (including phenoxy) is 2. The molecule has 0 amide bonds. The van der Waals surface area contributed by atoms with Gasteiger partial charge in [-0.3, -0.25) is 0 Å². The molecule has 1 aliphatic heterocycles. The van der Waals surface area contributed by atoms with Crippen LogP contribution in [-0.2, 0) is 4.74 Å². The number of benzene rings is 2. The summed E-state index contributed by atoms with van der Waals surface area (Å²) in [7, 11) is 0. The van der Waals surface area contributed by atoms with Crippen LogP contribution in [0.25, 0.3) is 10.8 Å². The molecular formula is C16H16O4. The third-order valence-electron chi connectivity index (χ3n) is 3.58. The van der Waals surface area contributed by atoms with Gasteiger partial charge in [0.05, 0.1) is 13.2 Å². The highest BCUT2D eigenvalue weighted by atomic mass is 16.5. The van der Waals surface area contributed by atoms with Gasteiger partial charge in [-0.15, -0.1) is 0 Å². The van der Waals surface area contributed by atoms with E-state index in [0.29, 0.717) is 24.9 Å². The molecule has 0 radical (unpaired) electrons. The largest absolute Gasteiger partial charge is 0.492 e. The Morgan fingerprint density at radius 3 is 2.70 bits per heavy atom. The van der Waals surface area contributed by atoms with Crippen LogP contribution >= 0.6 is 0 Å². The molecular weight excluding hydrogens is 256 g/mol. The molecule has 4 nitrogen and oxygen atoms in total. The van der Waals surface area contributed by atoms with Gasteiger partial charge in [0, 0.05) is 12.5 Å². The van der Waals surface area contributed by atoms with E-state index in [0.717, 1.165) is 23.8 Å². The molecule has 2 aromatic rings. The summed E-state index contributed by atoms with van der Waals surface area (Å²) < 4.78 is 11.0. The number of carbonyl (C=O) groups is 1. The van der Waals surface area contributed by atoms with Crippen molar-refractivity contribution in [2.45, 2.75) is 6.42 Å². The van der Waals surface area contributed by atoms with Crippen LogP contribution in [0, 0.1) is 5.92 Å². The molecule has 1 fully saturated rings. The Hall–Kier alpha value is -2.07. The summed E-state index contributed by atoms with van der Waals surface area (Å²) in [5, 5.41) is 11.2. The highest BCUT2D eigenvalue weighted by Crippen LogP contribution is 2.27. The van der Waals surface area contributed by atoms with Gasteiger partial charge in [-0.25, -0.2) is 4.79 Å². The molecule has 2 aromatic carbocycles. The first-order valence-corrected chi connectivity index (χ1v) is 6.70. The summed E-state index contributed by atoms with van der Waals surface area (Å²) in [5.41, 5.74) is 0.211. The van der Waals surface area contributed by atoms with E-state index in [4.69, 9.17) is 9.47 Å². The highest BCUT2D eigenvalue weighted by molar-refractivity contribution is 5.97. The molecule has 0 saturated carbocycles. The van der Waals surface area contributed by atoms with E-state index in [1.165, 1.54) is 0 Å². The van der Waals surface area contributed by atoms with Crippen LogP contribution in [0.3, 0.4) is 0 Å². The van der Waals surface area contributed by atoms with Gasteiger partial charge < -0.3 is 14.6 Å². The van der Waals surface area contributed by atoms with Gasteiger partial charge in [0.25, 0.3) is 0 Å². The van der Waals surface area contributed by atoms with E-state index in [9.17, 15) is 9.90 Å². The minimum atomic E-state index is -0.964. The zero-order valence-electron chi connectivity index (χ0n) is 11.0. The Morgan fingerprint density at radius 2 is 2.05 bits per heavy atom. The van der Waals surface area contributed by atoms with Crippen LogP contribution in [0.5, 0.6) is 5.75 Å². The van der Waals surface area contributed by atoms with Gasteiger partial charge in [0.1, 0.15) is 11.3 Å². The maximum Gasteiger partial charge on any atom is 0.339 e. The average molecular weight is 272 g/mol. The molecule has 0 aromatic heterocycles. The van der Waals surface area contributed by atoms with Crippen LogP contribution < -0.4 is 4.74 Å². The molecule has 1 saturated heterocycles. The summed E-state index contributed by atoms with van der Waals surface area (Å²) in [4.78, 5) is 11.4. The fourth-order valence-corrected chi connectivity index (χ4v) is 2.43. The zero-order valence-corrected chi connectivity index (χ0v) is 11.0. The van der Waals surface area contributed by atoms with Gasteiger partial charge in [0.15, 0.2) is 0 Å². The lowest BCUT2D eigenvalue weighted by Crippen LogP contribution is -2.13. The third kappa shape index (κ3) is 2.60. The summed E-state index contributed by atoms with van der Waals surface area (Å²) in [5.74, 6) is -0.181. The Bertz CT molecular complexity index is 629. The topological polar surface area (TPSA) is 55.8 Å². The number of hydrogen-bond acceptors (Lipinski definition) is 3. The van der Waals surface area contributed by atoms with E-state index in [-0.39, 0.29) is 5.56 Å². The van der Waals surface area contributed by atoms with Crippen molar-refractivity contribution in [2.75, 3.05) is 19.8 Å². The number of carboxylic acid groups (broad SMARTS) is 1. The summed E-state index contributed by atoms with van der Waals surface area (Å²) >= 11 is 0. The number of carboxylic acids is 1. The van der Waals surface area contributed by atoms with E-state index in [1.54, 1.807) is 12.1 Å². The predicted octanol–water partition coefficient (Wildman–Crippen LogP) is 2.95. The summed E-state index contributed by atoms with van der Waals surface area (Å²) in [6.45, 7) is 1.95. The lowest BCUT2D eigenvalue weighted by Gasteiger charge is -2.13. The fraction of sp³-hybridized carbons (Fsp3) is 0.312. The SMILES string of the molecule is O=C(O)c1cc2ccccc2cc1OCC1CCOC1. The molecule has 1 heterocycles. The molecule has 1 atom stereocenters. The highest BCUT2D eigenvalue weighted by Gasteiger charge is 2.18. The van der Waals surface area contributed by atoms with Crippen molar-refractivity contribution in [3.05, 3.63) is 42.0 Å². The second-order valence-corrected chi connectivity index (χ2v) is 5.04. The van der Waals surface area contributed by atoms with E-state index in [1.807, 2.05) is 24.3 Å². The first-order chi connectivity index (χ1) is 9.74. The van der Waals surface area contributed by atoms with E-state index < -0.39 is 5.97 Å². The molecule has 1 unspecified atom stereocenters. The van der Waals surface area contributed by atoms with Crippen LogP contribution in [0.4, 0.5) is 0 Å². The van der Waals surface area contributed by atoms with Crippen molar-refractivity contribution >= 4 is 16.7 Å². The van der Waals surface area contributed by atoms with Crippen molar-refractivity contribution in [3.63, 3.8) is 0 Å². The monoisotopic (exact) mass is 272 g/mol. The molecule has 4 heteroatoms. The van der Waals surface area contributed by atoms with Gasteiger partial charge in [-0.05, 0) is 29.3 Å². The van der Waals surface area contributed by atoms with Crippen LogP contribution in [-0.4, -0.2) is 30.9 Å². The van der Waals surface area contributed by atoms with Crippen molar-refractivity contribution in [1.82, 2.24) is 0 Å². The number of hydrogen-bond donors (Lipinski definition) is 1. The first-order valence-electron chi connectivity index (χ1n) is 6.70. The normalized spacial score (nSPS) is 18.3. The summed E-state index contributed by atoms with van der Waals surface area (Å²) in [6, 6.07) is 11.1. The van der Waals surface area contributed by atoms with Crippen LogP contribution in [0.15, 0.2) is 36.4 Å². The molecule has 1 N–H and O–H groups in total. The molecule has 104 valence electrons. The van der Waals surface area contributed by atoms with Crippen molar-refractivity contribution in [3.8, 4) is 5.75 Å². The Morgan fingerprint density at radius 1 is 1.30 bits per heavy atom.